The first-order valence-electron chi connectivity index (χ1n) is 8.91. The van der Waals surface area contributed by atoms with E-state index in [1.807, 2.05) is 0 Å². The Hall–Kier alpha value is -2.30. The summed E-state index contributed by atoms with van der Waals surface area (Å²) in [6, 6.07) is 21.5. The van der Waals surface area contributed by atoms with Gasteiger partial charge in [-0.2, -0.15) is 0 Å². The number of allylic oxidation sites excluding steroid dienone is 3. The van der Waals surface area contributed by atoms with Crippen LogP contribution in [0, 0.1) is 11.5 Å². The number of hydrogen-bond donors (Lipinski definition) is 0. The zero-order valence-corrected chi connectivity index (χ0v) is 16.6. The molecular formula is C24H26Si. The molecule has 25 heavy (non-hydrogen) atoms. The Kier molecular flexibility index (Phi) is 4.84. The molecule has 0 nitrogen and oxygen atoms in total. The van der Waals surface area contributed by atoms with Crippen LogP contribution in [0.4, 0.5) is 0 Å². The van der Waals surface area contributed by atoms with Gasteiger partial charge in [0.1, 0.15) is 8.07 Å². The lowest BCUT2D eigenvalue weighted by atomic mass is 9.80. The lowest BCUT2D eigenvalue weighted by Crippen LogP contribution is -2.16. The molecule has 0 unspecified atom stereocenters. The molecule has 0 radical (unpaired) electrons. The molecule has 0 aliphatic heterocycles. The second kappa shape index (κ2) is 6.90. The van der Waals surface area contributed by atoms with Crippen molar-refractivity contribution in [1.82, 2.24) is 0 Å². The van der Waals surface area contributed by atoms with Crippen molar-refractivity contribution >= 4 is 8.07 Å². The van der Waals surface area contributed by atoms with Crippen molar-refractivity contribution in [3.8, 4) is 11.5 Å². The number of rotatable bonds is 2. The van der Waals surface area contributed by atoms with Gasteiger partial charge in [0.25, 0.3) is 0 Å². The van der Waals surface area contributed by atoms with Gasteiger partial charge in [-0.15, -0.1) is 5.54 Å². The van der Waals surface area contributed by atoms with Gasteiger partial charge in [-0.25, -0.2) is 0 Å². The molecule has 0 fully saturated rings. The van der Waals surface area contributed by atoms with E-state index < -0.39 is 8.07 Å². The molecule has 1 aliphatic carbocycles. The Bertz CT molecular complexity index is 855. The molecule has 0 saturated carbocycles. The Morgan fingerprint density at radius 2 is 1.28 bits per heavy atom. The third-order valence-electron chi connectivity index (χ3n) is 4.77. The summed E-state index contributed by atoms with van der Waals surface area (Å²) in [5.41, 5.74) is 9.91. The number of hydrogen-bond acceptors (Lipinski definition) is 0. The number of benzene rings is 2. The van der Waals surface area contributed by atoms with Crippen LogP contribution in [-0.4, -0.2) is 8.07 Å². The Balaban J connectivity index is 2.13. The van der Waals surface area contributed by atoms with Crippen molar-refractivity contribution in [2.45, 2.75) is 38.4 Å². The van der Waals surface area contributed by atoms with Crippen molar-refractivity contribution < 1.29 is 0 Å². The molecular weight excluding hydrogens is 316 g/mol. The van der Waals surface area contributed by atoms with E-state index in [0.717, 1.165) is 0 Å². The third kappa shape index (κ3) is 3.70. The molecule has 0 heterocycles. The van der Waals surface area contributed by atoms with Gasteiger partial charge in [0, 0.05) is 17.4 Å². The van der Waals surface area contributed by atoms with Gasteiger partial charge in [0.2, 0.25) is 0 Å². The average molecular weight is 343 g/mol. The maximum Gasteiger partial charge on any atom is 0.129 e. The van der Waals surface area contributed by atoms with E-state index in [9.17, 15) is 0 Å². The summed E-state index contributed by atoms with van der Waals surface area (Å²) < 4.78 is 0. The maximum absolute atomic E-state index is 4.48. The van der Waals surface area contributed by atoms with E-state index in [0.29, 0.717) is 5.92 Å². The van der Waals surface area contributed by atoms with Crippen molar-refractivity contribution in [2.75, 3.05) is 0 Å². The first-order chi connectivity index (χ1) is 11.9. The third-order valence-corrected chi connectivity index (χ3v) is 5.65. The molecule has 1 aliphatic rings. The van der Waals surface area contributed by atoms with E-state index in [1.165, 1.54) is 27.8 Å². The Morgan fingerprint density at radius 3 is 1.76 bits per heavy atom. The van der Waals surface area contributed by atoms with Gasteiger partial charge in [0.15, 0.2) is 0 Å². The Labute approximate surface area is 153 Å². The largest absolute Gasteiger partial charge is 0.129 e. The molecule has 0 spiro atoms. The van der Waals surface area contributed by atoms with Crippen LogP contribution in [0.1, 0.15) is 29.9 Å². The van der Waals surface area contributed by atoms with Gasteiger partial charge < -0.3 is 0 Å². The summed E-state index contributed by atoms with van der Waals surface area (Å²) in [5.74, 6) is 4.11. The summed E-state index contributed by atoms with van der Waals surface area (Å²) in [5, 5.41) is 0. The zero-order valence-electron chi connectivity index (χ0n) is 15.6. The first-order valence-corrected chi connectivity index (χ1v) is 12.4. The lowest BCUT2D eigenvalue weighted by Gasteiger charge is -2.23. The first kappa shape index (κ1) is 17.5. The molecule has 0 N–H and O–H groups in total. The van der Waals surface area contributed by atoms with E-state index in [-0.39, 0.29) is 5.92 Å². The van der Waals surface area contributed by atoms with Gasteiger partial charge >= 0.3 is 0 Å². The summed E-state index contributed by atoms with van der Waals surface area (Å²) >= 11 is 0. The van der Waals surface area contributed by atoms with Gasteiger partial charge in [-0.05, 0) is 29.2 Å². The smallest absolute Gasteiger partial charge is 0.127 e. The molecule has 1 heteroatoms. The molecule has 2 aromatic rings. The second-order valence-corrected chi connectivity index (χ2v) is 12.6. The quantitative estimate of drug-likeness (QED) is 0.442. The van der Waals surface area contributed by atoms with Crippen LogP contribution in [0.5, 0.6) is 0 Å². The summed E-state index contributed by atoms with van der Waals surface area (Å²) in [6.45, 7) is 13.6. The topological polar surface area (TPSA) is 0 Å². The van der Waals surface area contributed by atoms with Crippen molar-refractivity contribution in [2.24, 2.45) is 0 Å². The monoisotopic (exact) mass is 342 g/mol. The highest BCUT2D eigenvalue weighted by Crippen LogP contribution is 2.51. The molecule has 0 aromatic heterocycles. The fraction of sp³-hybridized carbons (Fsp3) is 0.250. The Morgan fingerprint density at radius 1 is 0.800 bits per heavy atom. The highest BCUT2D eigenvalue weighted by Gasteiger charge is 2.37. The predicted octanol–water partition coefficient (Wildman–Crippen LogP) is 6.32. The average Bonchev–Trinajstić information content (AvgIpc) is 2.84. The highest BCUT2D eigenvalue weighted by atomic mass is 28.3. The van der Waals surface area contributed by atoms with Crippen molar-refractivity contribution in [3.63, 3.8) is 0 Å². The van der Waals surface area contributed by atoms with Crippen LogP contribution >= 0.6 is 0 Å². The fourth-order valence-corrected chi connectivity index (χ4v) is 4.10. The minimum atomic E-state index is -1.42. The van der Waals surface area contributed by atoms with E-state index in [1.54, 1.807) is 0 Å². The lowest BCUT2D eigenvalue weighted by molar-refractivity contribution is 0.717. The van der Waals surface area contributed by atoms with Crippen LogP contribution in [-0.2, 0) is 0 Å². The van der Waals surface area contributed by atoms with E-state index in [4.69, 9.17) is 0 Å². The van der Waals surface area contributed by atoms with Crippen molar-refractivity contribution in [1.29, 1.82) is 0 Å². The maximum atomic E-state index is 4.48. The molecule has 0 amide bonds. The molecule has 2 aromatic carbocycles. The van der Waals surface area contributed by atoms with Gasteiger partial charge in [-0.3, -0.25) is 0 Å². The van der Waals surface area contributed by atoms with Crippen LogP contribution in [0.25, 0.3) is 0 Å². The summed E-state index contributed by atoms with van der Waals surface area (Å²) in [7, 11) is -1.42. The molecule has 0 bridgehead atoms. The van der Waals surface area contributed by atoms with Crippen LogP contribution in [0.2, 0.25) is 19.6 Å². The zero-order chi connectivity index (χ0) is 18.0. The minimum absolute atomic E-state index is 0.273. The van der Waals surface area contributed by atoms with Gasteiger partial charge in [0.05, 0.1) is 0 Å². The minimum Gasteiger partial charge on any atom is -0.127 e. The SMILES string of the molecule is C=C1C(C#C[Si](C)(C)C)=C(C)[C@H](c2ccccc2)[C@H]1c1ccccc1. The molecule has 3 rings (SSSR count). The fourth-order valence-electron chi connectivity index (χ4n) is 3.60. The molecule has 2 atom stereocenters. The molecule has 126 valence electrons. The normalized spacial score (nSPS) is 20.4. The van der Waals surface area contributed by atoms with E-state index >= 15 is 0 Å². The van der Waals surface area contributed by atoms with Gasteiger partial charge in [-0.1, -0.05) is 92.8 Å². The van der Waals surface area contributed by atoms with Crippen LogP contribution in [0.15, 0.2) is 84.0 Å². The van der Waals surface area contributed by atoms with Crippen molar-refractivity contribution in [3.05, 3.63) is 95.1 Å². The highest BCUT2D eigenvalue weighted by molar-refractivity contribution is 6.83. The van der Waals surface area contributed by atoms with E-state index in [2.05, 4.69) is 105 Å². The van der Waals surface area contributed by atoms with Crippen LogP contribution in [0.3, 0.4) is 0 Å². The summed E-state index contributed by atoms with van der Waals surface area (Å²) in [6.07, 6.45) is 0. The van der Waals surface area contributed by atoms with Crippen LogP contribution < -0.4 is 0 Å². The standard InChI is InChI=1S/C24H26Si/c1-18-22(16-17-25(3,4)5)19(2)24(21-14-10-7-11-15-21)23(18)20-12-8-6-9-13-20/h6-15,23-24H,1H2,2-5H3/t23-,24-/m1/s1. The second-order valence-electron chi connectivity index (χ2n) is 7.86. The summed E-state index contributed by atoms with van der Waals surface area (Å²) in [4.78, 5) is 0. The molecule has 0 saturated heterocycles. The predicted molar refractivity (Wildman–Crippen MR) is 111 cm³/mol.